The predicted molar refractivity (Wildman–Crippen MR) is 137 cm³/mol. The second-order valence-electron chi connectivity index (χ2n) is 9.75. The highest BCUT2D eigenvalue weighted by atomic mass is 35.5. The Kier molecular flexibility index (Phi) is 5.76. The lowest BCUT2D eigenvalue weighted by molar-refractivity contribution is -0.114. The molecule has 0 amide bonds. The Labute approximate surface area is 213 Å². The normalized spacial score (nSPS) is 22.9. The number of fused-ring (bicyclic) bond motifs is 2. The Morgan fingerprint density at radius 2 is 2.22 bits per heavy atom. The van der Waals surface area contributed by atoms with Gasteiger partial charge in [0.25, 0.3) is 0 Å². The molecule has 1 N–H and O–H groups in total. The van der Waals surface area contributed by atoms with Gasteiger partial charge in [0.15, 0.2) is 11.6 Å². The summed E-state index contributed by atoms with van der Waals surface area (Å²) >= 11 is 5.94. The number of likely N-dealkylation sites (tertiary alicyclic amines) is 1. The monoisotopic (exact) mass is 502 g/mol. The molecule has 6 nitrogen and oxygen atoms in total. The molecular weight excluding hydrogens is 479 g/mol. The van der Waals surface area contributed by atoms with Crippen LogP contribution in [0, 0.1) is 29.0 Å². The minimum absolute atomic E-state index is 0.0151. The molecule has 0 radical (unpaired) electrons. The molecule has 1 saturated carbocycles. The Hall–Kier alpha value is -3.31. The first-order valence-corrected chi connectivity index (χ1v) is 12.3. The smallest absolute Gasteiger partial charge is 0.165 e. The molecule has 182 valence electrons. The van der Waals surface area contributed by atoms with E-state index in [4.69, 9.17) is 16.3 Å². The molecule has 0 bridgehead atoms. The summed E-state index contributed by atoms with van der Waals surface area (Å²) in [7, 11) is 0. The zero-order valence-corrected chi connectivity index (χ0v) is 20.3. The van der Waals surface area contributed by atoms with Crippen LogP contribution in [0.4, 0.5) is 15.9 Å². The molecule has 3 heterocycles. The molecule has 0 spiro atoms. The van der Waals surface area contributed by atoms with E-state index in [0.717, 1.165) is 43.9 Å². The van der Waals surface area contributed by atoms with Crippen molar-refractivity contribution in [3.05, 3.63) is 71.3 Å². The molecule has 1 aromatic heterocycles. The third-order valence-electron chi connectivity index (χ3n) is 7.41. The lowest BCUT2D eigenvalue weighted by Crippen LogP contribution is -2.49. The van der Waals surface area contributed by atoms with Crippen LogP contribution < -0.4 is 5.32 Å². The summed E-state index contributed by atoms with van der Waals surface area (Å²) in [6.07, 6.45) is 4.00. The average molecular weight is 503 g/mol. The summed E-state index contributed by atoms with van der Waals surface area (Å²) in [5.41, 5.74) is 2.41. The second-order valence-corrected chi connectivity index (χ2v) is 10.2. The standard InChI is InChI=1S/C28H24ClFN4O2/c1-2-21(35)8-18-9-22-25(31-16-32-27(22)33-24-5-3-4-23(29)26(24)30)10-17(18)6-7-28-11-19(28)12-34(15-28)20-13-36-14-20/h2-5,9-10,16,19-20H,1,8,11-15H2,(H,31,32,33)/t19-,28+/m0/s1. The van der Waals surface area contributed by atoms with Crippen molar-refractivity contribution < 1.29 is 13.9 Å². The van der Waals surface area contributed by atoms with E-state index in [-0.39, 0.29) is 28.3 Å². The molecule has 2 aromatic carbocycles. The van der Waals surface area contributed by atoms with E-state index in [2.05, 4.69) is 38.6 Å². The number of nitrogens with one attached hydrogen (secondary N) is 1. The number of nitrogens with zero attached hydrogens (tertiary/aromatic N) is 3. The van der Waals surface area contributed by atoms with Gasteiger partial charge in [0.1, 0.15) is 12.1 Å². The van der Waals surface area contributed by atoms with E-state index < -0.39 is 5.82 Å². The number of ketones is 1. The number of ether oxygens (including phenoxy) is 1. The number of anilines is 2. The lowest BCUT2D eigenvalue weighted by atomic mass is 9.98. The van der Waals surface area contributed by atoms with E-state index in [1.165, 1.54) is 18.5 Å². The van der Waals surface area contributed by atoms with E-state index in [1.54, 1.807) is 12.1 Å². The maximum atomic E-state index is 14.5. The van der Waals surface area contributed by atoms with Gasteiger partial charge in [0, 0.05) is 35.9 Å². The Balaban J connectivity index is 1.36. The van der Waals surface area contributed by atoms with Gasteiger partial charge in [0.2, 0.25) is 0 Å². The van der Waals surface area contributed by atoms with Crippen molar-refractivity contribution in [2.75, 3.05) is 31.6 Å². The first kappa shape index (κ1) is 23.1. The number of benzene rings is 2. The molecule has 2 atom stereocenters. The van der Waals surface area contributed by atoms with Crippen LogP contribution >= 0.6 is 11.6 Å². The minimum atomic E-state index is -0.562. The molecule has 2 aliphatic heterocycles. The molecular formula is C28H24ClFN4O2. The Bertz CT molecular complexity index is 1460. The number of allylic oxidation sites excluding steroid dienone is 1. The van der Waals surface area contributed by atoms with Crippen molar-refractivity contribution in [1.82, 2.24) is 14.9 Å². The number of aromatic nitrogens is 2. The molecule has 2 saturated heterocycles. The summed E-state index contributed by atoms with van der Waals surface area (Å²) in [6.45, 7) is 7.27. The van der Waals surface area contributed by atoms with E-state index in [1.807, 2.05) is 12.1 Å². The number of carbonyl (C=O) groups excluding carboxylic acids is 1. The van der Waals surface area contributed by atoms with Gasteiger partial charge in [0.05, 0.1) is 35.5 Å². The predicted octanol–water partition coefficient (Wildman–Crippen LogP) is 4.54. The summed E-state index contributed by atoms with van der Waals surface area (Å²) in [6, 6.07) is 8.99. The molecule has 3 aliphatic rings. The summed E-state index contributed by atoms with van der Waals surface area (Å²) < 4.78 is 19.9. The van der Waals surface area contributed by atoms with Crippen LogP contribution in [-0.4, -0.2) is 53.0 Å². The second kappa shape index (κ2) is 8.97. The highest BCUT2D eigenvalue weighted by Crippen LogP contribution is 2.58. The Morgan fingerprint density at radius 3 is 3.00 bits per heavy atom. The van der Waals surface area contributed by atoms with Crippen molar-refractivity contribution >= 4 is 39.8 Å². The average Bonchev–Trinajstić information content (AvgIpc) is 3.39. The zero-order valence-electron chi connectivity index (χ0n) is 19.6. The van der Waals surface area contributed by atoms with Gasteiger partial charge in [-0.05, 0) is 48.2 Å². The zero-order chi connectivity index (χ0) is 24.9. The molecule has 3 fully saturated rings. The molecule has 36 heavy (non-hydrogen) atoms. The fraction of sp³-hybridized carbons (Fsp3) is 0.321. The minimum Gasteiger partial charge on any atom is -0.378 e. The van der Waals surface area contributed by atoms with E-state index >= 15 is 0 Å². The molecule has 3 aromatic rings. The van der Waals surface area contributed by atoms with Crippen molar-refractivity contribution in [2.45, 2.75) is 18.9 Å². The van der Waals surface area contributed by atoms with Gasteiger partial charge in [-0.2, -0.15) is 0 Å². The number of halogens is 2. The third-order valence-corrected chi connectivity index (χ3v) is 7.70. The van der Waals surface area contributed by atoms with E-state index in [9.17, 15) is 9.18 Å². The SMILES string of the molecule is C=CC(=O)Cc1cc2c(Nc3cccc(Cl)c3F)ncnc2cc1C#C[C@]12C[C@H]1CN(C1COC1)C2. The summed E-state index contributed by atoms with van der Waals surface area (Å²) in [5.74, 6) is 7.28. The van der Waals surface area contributed by atoms with Crippen molar-refractivity contribution in [3.8, 4) is 11.8 Å². The number of piperidine rings is 1. The Morgan fingerprint density at radius 1 is 1.36 bits per heavy atom. The van der Waals surface area contributed by atoms with Crippen LogP contribution in [0.5, 0.6) is 0 Å². The fourth-order valence-electron chi connectivity index (χ4n) is 5.12. The van der Waals surface area contributed by atoms with Crippen molar-refractivity contribution in [3.63, 3.8) is 0 Å². The lowest BCUT2D eigenvalue weighted by Gasteiger charge is -2.35. The highest BCUT2D eigenvalue weighted by Gasteiger charge is 2.60. The largest absolute Gasteiger partial charge is 0.378 e. The van der Waals surface area contributed by atoms with Gasteiger partial charge in [-0.3, -0.25) is 9.69 Å². The van der Waals surface area contributed by atoms with Gasteiger partial charge < -0.3 is 10.1 Å². The molecule has 6 rings (SSSR count). The number of carbonyl (C=O) groups is 1. The summed E-state index contributed by atoms with van der Waals surface area (Å²) in [4.78, 5) is 23.6. The van der Waals surface area contributed by atoms with Crippen molar-refractivity contribution in [1.29, 1.82) is 0 Å². The highest BCUT2D eigenvalue weighted by molar-refractivity contribution is 6.31. The molecule has 0 unspecified atom stereocenters. The van der Waals surface area contributed by atoms with Gasteiger partial charge in [-0.1, -0.05) is 36.1 Å². The fourth-order valence-corrected chi connectivity index (χ4v) is 5.29. The maximum Gasteiger partial charge on any atom is 0.165 e. The number of rotatable bonds is 6. The topological polar surface area (TPSA) is 67.4 Å². The number of hydrogen-bond acceptors (Lipinski definition) is 6. The number of hydrogen-bond donors (Lipinski definition) is 1. The quantitative estimate of drug-likeness (QED) is 0.394. The van der Waals surface area contributed by atoms with Crippen LogP contribution in [0.2, 0.25) is 5.02 Å². The van der Waals surface area contributed by atoms with Gasteiger partial charge in [-0.25, -0.2) is 14.4 Å². The van der Waals surface area contributed by atoms with Gasteiger partial charge in [-0.15, -0.1) is 0 Å². The van der Waals surface area contributed by atoms with Crippen LogP contribution in [0.3, 0.4) is 0 Å². The molecule has 1 aliphatic carbocycles. The van der Waals surface area contributed by atoms with Crippen LogP contribution in [0.15, 0.2) is 49.3 Å². The molecule has 8 heteroatoms. The van der Waals surface area contributed by atoms with Crippen LogP contribution in [-0.2, 0) is 16.0 Å². The van der Waals surface area contributed by atoms with Crippen LogP contribution in [0.1, 0.15) is 17.5 Å². The van der Waals surface area contributed by atoms with Gasteiger partial charge >= 0.3 is 0 Å². The third kappa shape index (κ3) is 4.16. The van der Waals surface area contributed by atoms with Crippen LogP contribution in [0.25, 0.3) is 10.9 Å². The van der Waals surface area contributed by atoms with E-state index in [0.29, 0.717) is 28.7 Å². The maximum absolute atomic E-state index is 14.5. The van der Waals surface area contributed by atoms with Crippen molar-refractivity contribution in [2.24, 2.45) is 11.3 Å². The first-order chi connectivity index (χ1) is 17.5. The summed E-state index contributed by atoms with van der Waals surface area (Å²) in [5, 5.41) is 3.69. The first-order valence-electron chi connectivity index (χ1n) is 11.9.